The van der Waals surface area contributed by atoms with Gasteiger partial charge in [0.25, 0.3) is 5.91 Å². The van der Waals surface area contributed by atoms with Gasteiger partial charge in [0.2, 0.25) is 0 Å². The van der Waals surface area contributed by atoms with E-state index >= 15 is 0 Å². The van der Waals surface area contributed by atoms with Crippen LogP contribution in [0, 0.1) is 11.3 Å². The van der Waals surface area contributed by atoms with Gasteiger partial charge in [-0.3, -0.25) is 9.69 Å². The summed E-state index contributed by atoms with van der Waals surface area (Å²) in [5, 5.41) is 14.2. The van der Waals surface area contributed by atoms with Crippen molar-refractivity contribution in [3.63, 3.8) is 0 Å². The van der Waals surface area contributed by atoms with Gasteiger partial charge in [-0.25, -0.2) is 4.99 Å². The number of methoxy groups -OCH3 is 1. The van der Waals surface area contributed by atoms with Crippen molar-refractivity contribution in [1.82, 2.24) is 4.90 Å². The molecule has 37 heavy (non-hydrogen) atoms. The normalized spacial score (nSPS) is 17.8. The number of nitriles is 1. The van der Waals surface area contributed by atoms with Gasteiger partial charge >= 0.3 is 0 Å². The molecule has 2 aliphatic rings. The first-order chi connectivity index (χ1) is 18.0. The minimum Gasteiger partial charge on any atom is -0.495 e. The molecule has 1 N–H and O–H groups in total. The number of carbonyl (C=O) groups is 1. The molecule has 3 aromatic rings. The highest BCUT2D eigenvalue weighted by Gasteiger charge is 2.40. The molecule has 1 amide bonds. The predicted molar refractivity (Wildman–Crippen MR) is 151 cm³/mol. The summed E-state index contributed by atoms with van der Waals surface area (Å²) in [5.41, 5.74) is 3.90. The van der Waals surface area contributed by atoms with Crippen molar-refractivity contribution in [3.8, 4) is 11.8 Å². The lowest BCUT2D eigenvalue weighted by atomic mass is 10.2. The van der Waals surface area contributed by atoms with Gasteiger partial charge in [-0.15, -0.1) is 0 Å². The van der Waals surface area contributed by atoms with E-state index in [1.165, 1.54) is 11.8 Å². The molecule has 0 aromatic heterocycles. The van der Waals surface area contributed by atoms with E-state index in [0.717, 1.165) is 32.6 Å². The fraction of sp³-hybridized carbons (Fsp3) is 0.179. The highest BCUT2D eigenvalue weighted by Crippen LogP contribution is 2.53. The summed E-state index contributed by atoms with van der Waals surface area (Å²) in [6.45, 7) is 3.11. The average Bonchev–Trinajstić information content (AvgIpc) is 3.41. The Kier molecular flexibility index (Phi) is 7.12. The first-order valence-corrected chi connectivity index (χ1v) is 13.4. The molecular weight excluding hydrogens is 502 g/mol. The smallest absolute Gasteiger partial charge is 0.269 e. The number of para-hydroxylation sites is 1. The third kappa shape index (κ3) is 4.78. The molecule has 186 valence electrons. The molecule has 0 atom stereocenters. The molecule has 7 nitrogen and oxygen atoms in total. The van der Waals surface area contributed by atoms with Crippen LogP contribution in [-0.2, 0) is 11.3 Å². The van der Waals surface area contributed by atoms with Crippen LogP contribution in [0.2, 0.25) is 0 Å². The number of hydrogen-bond acceptors (Lipinski definition) is 8. The van der Waals surface area contributed by atoms with Crippen molar-refractivity contribution in [2.75, 3.05) is 30.9 Å². The van der Waals surface area contributed by atoms with Gasteiger partial charge < -0.3 is 15.0 Å². The maximum Gasteiger partial charge on any atom is 0.269 e. The van der Waals surface area contributed by atoms with Crippen LogP contribution < -0.4 is 15.0 Å². The number of carbonyl (C=O) groups excluding carboxylic acids is 1. The maximum atomic E-state index is 13.9. The van der Waals surface area contributed by atoms with Crippen LogP contribution in [0.25, 0.3) is 0 Å². The molecule has 3 aromatic carbocycles. The maximum absolute atomic E-state index is 13.9. The Morgan fingerprint density at radius 1 is 1.08 bits per heavy atom. The lowest BCUT2D eigenvalue weighted by molar-refractivity contribution is -0.122. The number of fused-ring (bicyclic) bond motifs is 1. The summed E-state index contributed by atoms with van der Waals surface area (Å²) in [5.74, 6) is 0.660. The van der Waals surface area contributed by atoms with Gasteiger partial charge in [-0.2, -0.15) is 5.26 Å². The zero-order valence-electron chi connectivity index (χ0n) is 20.7. The van der Waals surface area contributed by atoms with Crippen molar-refractivity contribution in [2.45, 2.75) is 18.4 Å². The van der Waals surface area contributed by atoms with Gasteiger partial charge in [0.15, 0.2) is 5.17 Å². The van der Waals surface area contributed by atoms with E-state index in [4.69, 9.17) is 9.73 Å². The second kappa shape index (κ2) is 10.6. The van der Waals surface area contributed by atoms with Crippen LogP contribution in [0.3, 0.4) is 0 Å². The third-order valence-corrected chi connectivity index (χ3v) is 8.40. The number of amidine groups is 1. The van der Waals surface area contributed by atoms with E-state index in [9.17, 15) is 10.1 Å². The molecule has 0 saturated carbocycles. The molecule has 2 aliphatic heterocycles. The van der Waals surface area contributed by atoms with E-state index in [-0.39, 0.29) is 5.91 Å². The molecule has 0 unspecified atom stereocenters. The molecule has 0 radical (unpaired) electrons. The molecule has 1 fully saturated rings. The first-order valence-electron chi connectivity index (χ1n) is 11.8. The number of hydrogen-bond donors (Lipinski definition) is 1. The number of thioether (sulfide) groups is 2. The molecule has 0 spiro atoms. The number of anilines is 2. The molecule has 0 bridgehead atoms. The van der Waals surface area contributed by atoms with Gasteiger partial charge in [-0.1, -0.05) is 48.2 Å². The topological polar surface area (TPSA) is 81.0 Å². The Morgan fingerprint density at radius 2 is 1.89 bits per heavy atom. The summed E-state index contributed by atoms with van der Waals surface area (Å²) in [7, 11) is 3.60. The highest BCUT2D eigenvalue weighted by molar-refractivity contribution is 8.19. The van der Waals surface area contributed by atoms with Crippen molar-refractivity contribution in [2.24, 2.45) is 4.99 Å². The van der Waals surface area contributed by atoms with Crippen molar-refractivity contribution in [1.29, 1.82) is 5.26 Å². The summed E-state index contributed by atoms with van der Waals surface area (Å²) in [6, 6.07) is 23.3. The fourth-order valence-corrected chi connectivity index (χ4v) is 6.57. The zero-order valence-corrected chi connectivity index (χ0v) is 22.3. The van der Waals surface area contributed by atoms with Crippen LogP contribution in [0.4, 0.5) is 17.1 Å². The standard InChI is InChI=1S/C28H25N5O2S2/c1-4-30-20-14-13-19(16-29)15-21(20)31-28-33(17-18-9-6-5-7-10-18)26(34)25(37-28)27-32(2)24-22(35-3)11-8-12-23(24)36-27/h5-15,30H,4,17H2,1-3H3. The van der Waals surface area contributed by atoms with Crippen LogP contribution in [0.15, 0.2) is 86.6 Å². The Balaban J connectivity index is 1.60. The van der Waals surface area contributed by atoms with E-state index in [0.29, 0.717) is 34.4 Å². The Morgan fingerprint density at radius 3 is 2.62 bits per heavy atom. The number of aliphatic imine (C=N–C) groups is 1. The van der Waals surface area contributed by atoms with Crippen LogP contribution in [0.5, 0.6) is 5.75 Å². The number of rotatable bonds is 6. The third-order valence-electron chi connectivity index (χ3n) is 5.98. The lowest BCUT2D eigenvalue weighted by Crippen LogP contribution is -2.29. The van der Waals surface area contributed by atoms with Gasteiger partial charge in [0, 0.05) is 18.5 Å². The van der Waals surface area contributed by atoms with Gasteiger partial charge in [-0.05, 0) is 54.6 Å². The molecule has 1 saturated heterocycles. The number of amides is 1. The van der Waals surface area contributed by atoms with E-state index in [1.54, 1.807) is 35.9 Å². The monoisotopic (exact) mass is 527 g/mol. The Hall–Kier alpha value is -3.87. The van der Waals surface area contributed by atoms with E-state index < -0.39 is 0 Å². The Bertz CT molecular complexity index is 1460. The molecule has 2 heterocycles. The largest absolute Gasteiger partial charge is 0.495 e. The van der Waals surface area contributed by atoms with Crippen molar-refractivity contribution < 1.29 is 9.53 Å². The summed E-state index contributed by atoms with van der Waals surface area (Å²) >= 11 is 2.91. The second-order valence-corrected chi connectivity index (χ2v) is 10.4. The van der Waals surface area contributed by atoms with Crippen LogP contribution >= 0.6 is 23.5 Å². The summed E-state index contributed by atoms with van der Waals surface area (Å²) in [4.78, 5) is 24.2. The lowest BCUT2D eigenvalue weighted by Gasteiger charge is -2.18. The average molecular weight is 528 g/mol. The number of nitrogens with one attached hydrogen (secondary N) is 1. The van der Waals surface area contributed by atoms with Gasteiger partial charge in [0.1, 0.15) is 10.7 Å². The fourth-order valence-electron chi connectivity index (χ4n) is 4.21. The minimum absolute atomic E-state index is 0.102. The van der Waals surface area contributed by atoms with Gasteiger partial charge in [0.05, 0.1) is 47.4 Å². The second-order valence-electron chi connectivity index (χ2n) is 8.35. The quantitative estimate of drug-likeness (QED) is 0.384. The first kappa shape index (κ1) is 24.8. The molecular formula is C28H25N5O2S2. The van der Waals surface area contributed by atoms with E-state index in [1.807, 2.05) is 73.5 Å². The van der Waals surface area contributed by atoms with Crippen LogP contribution in [-0.4, -0.2) is 36.7 Å². The molecule has 5 rings (SSSR count). The number of ether oxygens (including phenoxy) is 1. The zero-order chi connectivity index (χ0) is 25.9. The summed E-state index contributed by atoms with van der Waals surface area (Å²) in [6.07, 6.45) is 0. The van der Waals surface area contributed by atoms with Crippen LogP contribution in [0.1, 0.15) is 18.1 Å². The SMILES string of the molecule is CCNc1ccc(C#N)cc1N=C1SC(=C2Sc3cccc(OC)c3N2C)C(=O)N1Cc1ccccc1. The highest BCUT2D eigenvalue weighted by atomic mass is 32.2. The number of nitrogens with zero attached hydrogens (tertiary/aromatic N) is 4. The van der Waals surface area contributed by atoms with Crippen molar-refractivity contribution >= 4 is 51.7 Å². The van der Waals surface area contributed by atoms with Crippen molar-refractivity contribution in [3.05, 3.63) is 87.8 Å². The molecule has 0 aliphatic carbocycles. The molecule has 9 heteroatoms. The van der Waals surface area contributed by atoms with E-state index in [2.05, 4.69) is 11.4 Å². The predicted octanol–water partition coefficient (Wildman–Crippen LogP) is 6.17. The minimum atomic E-state index is -0.102. The summed E-state index contributed by atoms with van der Waals surface area (Å²) < 4.78 is 5.59. The number of benzene rings is 3. The Labute approximate surface area is 224 Å².